The summed E-state index contributed by atoms with van der Waals surface area (Å²) in [7, 11) is -1.32. The first kappa shape index (κ1) is 12.5. The lowest BCUT2D eigenvalue weighted by Gasteiger charge is -2.37. The van der Waals surface area contributed by atoms with Gasteiger partial charge >= 0.3 is 0 Å². The van der Waals surface area contributed by atoms with Crippen molar-refractivity contribution in [3.8, 4) is 0 Å². The molecule has 15 heavy (non-hydrogen) atoms. The molecule has 0 atom stereocenters. The minimum atomic E-state index is -1.32. The third-order valence-electron chi connectivity index (χ3n) is 3.93. The largest absolute Gasteiger partial charge is 0.0859 e. The summed E-state index contributed by atoms with van der Waals surface area (Å²) in [5, 5.41) is 2.02. The monoisotopic (exact) mass is 220 g/mol. The second kappa shape index (κ2) is 3.78. The first-order valence-corrected chi connectivity index (χ1v) is 8.74. The van der Waals surface area contributed by atoms with E-state index in [1.807, 2.05) is 0 Å². The molecule has 0 N–H and O–H groups in total. The van der Waals surface area contributed by atoms with Gasteiger partial charge in [0.25, 0.3) is 0 Å². The van der Waals surface area contributed by atoms with Crippen molar-refractivity contribution in [2.45, 2.75) is 52.8 Å². The molecule has 0 bridgehead atoms. The van der Waals surface area contributed by atoms with E-state index in [0.717, 1.165) is 0 Å². The highest BCUT2D eigenvalue weighted by molar-refractivity contribution is 6.87. The Hall–Kier alpha value is -0.563. The lowest BCUT2D eigenvalue weighted by atomic mass is 10.2. The molecule has 0 aromatic rings. The highest BCUT2D eigenvalue weighted by atomic mass is 28.3. The van der Waals surface area contributed by atoms with Gasteiger partial charge in [0.1, 0.15) is 0 Å². The molecular formula is C14H24Si. The smallest absolute Gasteiger partial charge is 0.0692 e. The van der Waals surface area contributed by atoms with Crippen LogP contribution in [0, 0.1) is 0 Å². The first-order valence-electron chi connectivity index (χ1n) is 5.74. The Morgan fingerprint density at radius 2 is 1.60 bits per heavy atom. The molecule has 0 nitrogen and oxygen atoms in total. The van der Waals surface area contributed by atoms with E-state index in [2.05, 4.69) is 65.9 Å². The van der Waals surface area contributed by atoms with E-state index < -0.39 is 8.07 Å². The van der Waals surface area contributed by atoms with Crippen molar-refractivity contribution in [2.24, 2.45) is 0 Å². The number of allylic oxidation sites excluding steroid dienone is 6. The maximum atomic E-state index is 2.47. The molecule has 0 fully saturated rings. The predicted molar refractivity (Wildman–Crippen MR) is 72.8 cm³/mol. The Kier molecular flexibility index (Phi) is 3.15. The molecule has 0 unspecified atom stereocenters. The Labute approximate surface area is 95.8 Å². The fraction of sp³-hybridized carbons (Fsp3) is 0.571. The Balaban J connectivity index is 3.10. The van der Waals surface area contributed by atoms with Gasteiger partial charge in [-0.25, -0.2) is 0 Å². The molecule has 1 heteroatoms. The zero-order valence-electron chi connectivity index (χ0n) is 11.2. The van der Waals surface area contributed by atoms with Crippen LogP contribution in [0.5, 0.6) is 0 Å². The van der Waals surface area contributed by atoms with Crippen LogP contribution in [0.15, 0.2) is 34.6 Å². The van der Waals surface area contributed by atoms with Crippen LogP contribution in [0.3, 0.4) is 0 Å². The van der Waals surface area contributed by atoms with Crippen molar-refractivity contribution >= 4 is 8.07 Å². The molecule has 1 aliphatic rings. The van der Waals surface area contributed by atoms with Crippen LogP contribution in [-0.2, 0) is 0 Å². The SMILES string of the molecule is CC(C)=C1C=CC([Si](C)(C)C(C)(C)C)=C1. The van der Waals surface area contributed by atoms with E-state index in [9.17, 15) is 0 Å². The molecular weight excluding hydrogens is 196 g/mol. The Morgan fingerprint density at radius 1 is 1.07 bits per heavy atom. The molecule has 1 aliphatic carbocycles. The van der Waals surface area contributed by atoms with Crippen molar-refractivity contribution in [2.75, 3.05) is 0 Å². The lowest BCUT2D eigenvalue weighted by Crippen LogP contribution is -2.38. The topological polar surface area (TPSA) is 0 Å². The van der Waals surface area contributed by atoms with Crippen molar-refractivity contribution in [1.29, 1.82) is 0 Å². The number of rotatable bonds is 1. The van der Waals surface area contributed by atoms with Gasteiger partial charge in [0.2, 0.25) is 0 Å². The van der Waals surface area contributed by atoms with Crippen LogP contribution in [0.25, 0.3) is 0 Å². The van der Waals surface area contributed by atoms with Gasteiger partial charge < -0.3 is 0 Å². The van der Waals surface area contributed by atoms with Crippen molar-refractivity contribution in [1.82, 2.24) is 0 Å². The highest BCUT2D eigenvalue weighted by Crippen LogP contribution is 2.42. The zero-order chi connectivity index (χ0) is 11.9. The van der Waals surface area contributed by atoms with Crippen LogP contribution in [-0.4, -0.2) is 8.07 Å². The van der Waals surface area contributed by atoms with Gasteiger partial charge in [0, 0.05) is 0 Å². The van der Waals surface area contributed by atoms with Crippen molar-refractivity contribution in [3.05, 3.63) is 34.6 Å². The van der Waals surface area contributed by atoms with E-state index >= 15 is 0 Å². The quantitative estimate of drug-likeness (QED) is 0.553. The van der Waals surface area contributed by atoms with E-state index in [4.69, 9.17) is 0 Å². The summed E-state index contributed by atoms with van der Waals surface area (Å²) in [5.74, 6) is 0. The summed E-state index contributed by atoms with van der Waals surface area (Å²) in [5.41, 5.74) is 2.83. The summed E-state index contributed by atoms with van der Waals surface area (Å²) < 4.78 is 0. The van der Waals surface area contributed by atoms with Gasteiger partial charge in [0.05, 0.1) is 8.07 Å². The van der Waals surface area contributed by atoms with Crippen molar-refractivity contribution < 1.29 is 0 Å². The molecule has 0 radical (unpaired) electrons. The lowest BCUT2D eigenvalue weighted by molar-refractivity contribution is 0.726. The average molecular weight is 220 g/mol. The summed E-state index contributed by atoms with van der Waals surface area (Å²) >= 11 is 0. The van der Waals surface area contributed by atoms with Gasteiger partial charge in [-0.3, -0.25) is 0 Å². The van der Waals surface area contributed by atoms with Gasteiger partial charge in [0.15, 0.2) is 0 Å². The van der Waals surface area contributed by atoms with Gasteiger partial charge in [-0.05, 0) is 24.5 Å². The van der Waals surface area contributed by atoms with Crippen LogP contribution < -0.4 is 0 Å². The highest BCUT2D eigenvalue weighted by Gasteiger charge is 2.38. The Morgan fingerprint density at radius 3 is 1.93 bits per heavy atom. The molecule has 0 saturated heterocycles. The molecule has 0 saturated carbocycles. The molecule has 0 heterocycles. The Bertz CT molecular complexity index is 342. The maximum Gasteiger partial charge on any atom is 0.0859 e. The fourth-order valence-corrected chi connectivity index (χ4v) is 3.46. The normalized spacial score (nSPS) is 17.0. The minimum absolute atomic E-state index is 0.431. The van der Waals surface area contributed by atoms with Gasteiger partial charge in [-0.15, -0.1) is 0 Å². The van der Waals surface area contributed by atoms with Gasteiger partial charge in [-0.1, -0.05) is 62.9 Å². The molecule has 0 aliphatic heterocycles. The third kappa shape index (κ3) is 2.33. The molecule has 0 amide bonds. The minimum Gasteiger partial charge on any atom is -0.0692 e. The summed E-state index contributed by atoms with van der Waals surface area (Å²) in [6.07, 6.45) is 7.00. The molecule has 0 spiro atoms. The van der Waals surface area contributed by atoms with Crippen LogP contribution in [0.4, 0.5) is 0 Å². The van der Waals surface area contributed by atoms with Gasteiger partial charge in [-0.2, -0.15) is 0 Å². The van der Waals surface area contributed by atoms with E-state index in [1.54, 1.807) is 5.20 Å². The third-order valence-corrected chi connectivity index (χ3v) is 9.43. The predicted octanol–water partition coefficient (Wildman–Crippen LogP) is 4.87. The standard InChI is InChI=1S/C14H24Si/c1-11(2)12-8-9-13(10-12)15(6,7)14(3,4)5/h8-10H,1-7H3. The van der Waals surface area contributed by atoms with Crippen LogP contribution >= 0.6 is 0 Å². The molecule has 84 valence electrons. The number of hydrogen-bond donors (Lipinski definition) is 0. The molecule has 0 aromatic heterocycles. The average Bonchev–Trinajstić information content (AvgIpc) is 2.49. The second-order valence-electron chi connectivity index (χ2n) is 6.26. The zero-order valence-corrected chi connectivity index (χ0v) is 12.2. The second-order valence-corrected chi connectivity index (χ2v) is 11.6. The first-order chi connectivity index (χ1) is 6.66. The van der Waals surface area contributed by atoms with Crippen LogP contribution in [0.1, 0.15) is 34.6 Å². The molecule has 0 aromatic carbocycles. The fourth-order valence-electron chi connectivity index (χ4n) is 1.58. The van der Waals surface area contributed by atoms with Crippen molar-refractivity contribution in [3.63, 3.8) is 0 Å². The van der Waals surface area contributed by atoms with Crippen LogP contribution in [0.2, 0.25) is 18.1 Å². The van der Waals surface area contributed by atoms with E-state index in [-0.39, 0.29) is 0 Å². The van der Waals surface area contributed by atoms with E-state index in [1.165, 1.54) is 11.1 Å². The summed E-state index contributed by atoms with van der Waals surface area (Å²) in [4.78, 5) is 0. The maximum absolute atomic E-state index is 2.47. The summed E-state index contributed by atoms with van der Waals surface area (Å²) in [6.45, 7) is 16.4. The summed E-state index contributed by atoms with van der Waals surface area (Å²) in [6, 6.07) is 0. The molecule has 1 rings (SSSR count). The van der Waals surface area contributed by atoms with E-state index in [0.29, 0.717) is 5.04 Å². The number of hydrogen-bond acceptors (Lipinski definition) is 0.